The maximum atomic E-state index is 12.8. The van der Waals surface area contributed by atoms with E-state index in [1.165, 1.54) is 0 Å². The van der Waals surface area contributed by atoms with Gasteiger partial charge in [-0.3, -0.25) is 4.79 Å². The van der Waals surface area contributed by atoms with Gasteiger partial charge in [0, 0.05) is 12.6 Å². The van der Waals surface area contributed by atoms with E-state index in [-0.39, 0.29) is 6.54 Å². The lowest BCUT2D eigenvalue weighted by Gasteiger charge is -2.35. The quantitative estimate of drug-likeness (QED) is 0.908. The second kappa shape index (κ2) is 6.12. The first-order valence-electron chi connectivity index (χ1n) is 6.95. The predicted octanol–water partition coefficient (Wildman–Crippen LogP) is 2.58. The molecule has 1 aromatic carbocycles. The molecule has 9 heteroatoms. The normalized spacial score (nSPS) is 23.7. The molecule has 1 fully saturated rings. The fourth-order valence-corrected chi connectivity index (χ4v) is 4.33. The van der Waals surface area contributed by atoms with Crippen molar-refractivity contribution in [3.63, 3.8) is 0 Å². The Morgan fingerprint density at radius 3 is 2.52 bits per heavy atom. The zero-order chi connectivity index (χ0) is 17.4. The summed E-state index contributed by atoms with van der Waals surface area (Å²) in [6, 6.07) is 3.01. The van der Waals surface area contributed by atoms with Gasteiger partial charge in [-0.15, -0.1) is 0 Å². The topological polar surface area (TPSA) is 74.7 Å². The Morgan fingerprint density at radius 2 is 1.96 bits per heavy atom. The van der Waals surface area contributed by atoms with E-state index in [0.717, 1.165) is 22.5 Å². The summed E-state index contributed by atoms with van der Waals surface area (Å²) in [6.07, 6.45) is -3.97. The van der Waals surface area contributed by atoms with Crippen LogP contribution in [0.3, 0.4) is 0 Å². The molecule has 1 aliphatic rings. The van der Waals surface area contributed by atoms with E-state index < -0.39 is 44.6 Å². The van der Waals surface area contributed by atoms with E-state index in [2.05, 4.69) is 0 Å². The second-order valence-electron chi connectivity index (χ2n) is 5.56. The van der Waals surface area contributed by atoms with Crippen molar-refractivity contribution in [1.29, 1.82) is 0 Å². The first-order valence-corrected chi connectivity index (χ1v) is 8.39. The Hall–Kier alpha value is -1.61. The molecule has 2 unspecified atom stereocenters. The van der Waals surface area contributed by atoms with Crippen molar-refractivity contribution in [2.24, 2.45) is 5.92 Å². The SMILES string of the molecule is CC1CCC(C(=O)O)CN1S(=O)(=O)c1cccc(C(F)(F)F)c1. The van der Waals surface area contributed by atoms with Crippen LogP contribution in [0.15, 0.2) is 29.2 Å². The van der Waals surface area contributed by atoms with Crippen LogP contribution in [-0.2, 0) is 21.0 Å². The summed E-state index contributed by atoms with van der Waals surface area (Å²) in [4.78, 5) is 10.6. The molecule has 1 saturated heterocycles. The summed E-state index contributed by atoms with van der Waals surface area (Å²) in [7, 11) is -4.19. The Balaban J connectivity index is 2.39. The minimum Gasteiger partial charge on any atom is -0.481 e. The minimum absolute atomic E-state index is 0.241. The highest BCUT2D eigenvalue weighted by atomic mass is 32.2. The van der Waals surface area contributed by atoms with Crippen LogP contribution in [0.1, 0.15) is 25.3 Å². The van der Waals surface area contributed by atoms with Gasteiger partial charge in [-0.1, -0.05) is 6.07 Å². The molecule has 0 radical (unpaired) electrons. The lowest BCUT2D eigenvalue weighted by atomic mass is 9.96. The number of nitrogens with zero attached hydrogens (tertiary/aromatic N) is 1. The molecule has 0 spiro atoms. The van der Waals surface area contributed by atoms with Crippen LogP contribution in [0, 0.1) is 5.92 Å². The third-order valence-corrected chi connectivity index (χ3v) is 5.92. The van der Waals surface area contributed by atoms with Gasteiger partial charge in [0.1, 0.15) is 0 Å². The number of rotatable bonds is 3. The van der Waals surface area contributed by atoms with Crippen molar-refractivity contribution in [3.05, 3.63) is 29.8 Å². The number of halogens is 3. The molecular formula is C14H16F3NO4S. The molecule has 1 N–H and O–H groups in total. The molecule has 1 heterocycles. The Labute approximate surface area is 131 Å². The van der Waals surface area contributed by atoms with E-state index in [4.69, 9.17) is 5.11 Å². The Kier molecular flexibility index (Phi) is 4.72. The van der Waals surface area contributed by atoms with Crippen LogP contribution in [0.5, 0.6) is 0 Å². The van der Waals surface area contributed by atoms with E-state index in [0.29, 0.717) is 18.9 Å². The zero-order valence-electron chi connectivity index (χ0n) is 12.2. The number of sulfonamides is 1. The smallest absolute Gasteiger partial charge is 0.416 e. The molecule has 0 saturated carbocycles. The molecule has 0 amide bonds. The number of carbonyl (C=O) groups is 1. The van der Waals surface area contributed by atoms with Gasteiger partial charge in [0.2, 0.25) is 10.0 Å². The molecule has 2 atom stereocenters. The molecule has 23 heavy (non-hydrogen) atoms. The lowest BCUT2D eigenvalue weighted by Crippen LogP contribution is -2.47. The number of benzene rings is 1. The largest absolute Gasteiger partial charge is 0.481 e. The van der Waals surface area contributed by atoms with Gasteiger partial charge in [-0.05, 0) is 38.0 Å². The van der Waals surface area contributed by atoms with E-state index >= 15 is 0 Å². The average Bonchev–Trinajstić information content (AvgIpc) is 2.46. The van der Waals surface area contributed by atoms with Crippen LogP contribution >= 0.6 is 0 Å². The molecule has 128 valence electrons. The fraction of sp³-hybridized carbons (Fsp3) is 0.500. The number of hydrogen-bond donors (Lipinski definition) is 1. The minimum atomic E-state index is -4.65. The molecular weight excluding hydrogens is 335 g/mol. The number of carboxylic acid groups (broad SMARTS) is 1. The molecule has 1 aliphatic heterocycles. The summed E-state index contributed by atoms with van der Waals surface area (Å²) in [5, 5.41) is 9.06. The maximum Gasteiger partial charge on any atom is 0.416 e. The Bertz CT molecular complexity index is 702. The molecule has 2 rings (SSSR count). The van der Waals surface area contributed by atoms with Gasteiger partial charge in [0.05, 0.1) is 16.4 Å². The monoisotopic (exact) mass is 351 g/mol. The zero-order valence-corrected chi connectivity index (χ0v) is 13.1. The summed E-state index contributed by atoms with van der Waals surface area (Å²) in [6.45, 7) is 1.37. The van der Waals surface area contributed by atoms with Crippen LogP contribution in [-0.4, -0.2) is 36.4 Å². The van der Waals surface area contributed by atoms with Crippen LogP contribution in [0.4, 0.5) is 13.2 Å². The van der Waals surface area contributed by atoms with Crippen LogP contribution in [0.2, 0.25) is 0 Å². The van der Waals surface area contributed by atoms with Gasteiger partial charge < -0.3 is 5.11 Å². The van der Waals surface area contributed by atoms with Crippen LogP contribution < -0.4 is 0 Å². The fourth-order valence-electron chi connectivity index (χ4n) is 2.58. The highest BCUT2D eigenvalue weighted by Gasteiger charge is 2.38. The third-order valence-electron chi connectivity index (χ3n) is 3.94. The lowest BCUT2D eigenvalue weighted by molar-refractivity contribution is -0.143. The molecule has 0 aromatic heterocycles. The van der Waals surface area contributed by atoms with Crippen molar-refractivity contribution in [1.82, 2.24) is 4.31 Å². The van der Waals surface area contributed by atoms with E-state index in [1.807, 2.05) is 0 Å². The highest BCUT2D eigenvalue weighted by Crippen LogP contribution is 2.33. The number of piperidine rings is 1. The molecule has 5 nitrogen and oxygen atoms in total. The van der Waals surface area contributed by atoms with Gasteiger partial charge in [-0.2, -0.15) is 17.5 Å². The number of carboxylic acids is 1. The highest BCUT2D eigenvalue weighted by molar-refractivity contribution is 7.89. The van der Waals surface area contributed by atoms with Crippen molar-refractivity contribution < 1.29 is 31.5 Å². The van der Waals surface area contributed by atoms with E-state index in [1.54, 1.807) is 6.92 Å². The van der Waals surface area contributed by atoms with Gasteiger partial charge in [0.25, 0.3) is 0 Å². The summed E-state index contributed by atoms with van der Waals surface area (Å²) in [5.41, 5.74) is -1.06. The Morgan fingerprint density at radius 1 is 1.30 bits per heavy atom. The van der Waals surface area contributed by atoms with Crippen molar-refractivity contribution >= 4 is 16.0 Å². The maximum absolute atomic E-state index is 12.8. The summed E-state index contributed by atoms with van der Waals surface area (Å²) >= 11 is 0. The van der Waals surface area contributed by atoms with Crippen molar-refractivity contribution in [3.8, 4) is 0 Å². The van der Waals surface area contributed by atoms with Gasteiger partial charge >= 0.3 is 12.1 Å². The first-order chi connectivity index (χ1) is 10.5. The molecule has 1 aromatic rings. The van der Waals surface area contributed by atoms with Crippen LogP contribution in [0.25, 0.3) is 0 Å². The molecule has 0 bridgehead atoms. The van der Waals surface area contributed by atoms with Gasteiger partial charge in [-0.25, -0.2) is 8.42 Å². The number of alkyl halides is 3. The molecule has 0 aliphatic carbocycles. The summed E-state index contributed by atoms with van der Waals surface area (Å²) in [5.74, 6) is -1.96. The summed E-state index contributed by atoms with van der Waals surface area (Å²) < 4.78 is 64.5. The van der Waals surface area contributed by atoms with Crippen molar-refractivity contribution in [2.75, 3.05) is 6.54 Å². The average molecular weight is 351 g/mol. The third kappa shape index (κ3) is 3.66. The predicted molar refractivity (Wildman–Crippen MR) is 75.2 cm³/mol. The first kappa shape index (κ1) is 17.7. The van der Waals surface area contributed by atoms with Gasteiger partial charge in [0.15, 0.2) is 0 Å². The number of aliphatic carboxylic acids is 1. The standard InChI is InChI=1S/C14H16F3NO4S/c1-9-5-6-10(13(19)20)8-18(9)23(21,22)12-4-2-3-11(7-12)14(15,16)17/h2-4,7,9-10H,5-6,8H2,1H3,(H,19,20). The van der Waals surface area contributed by atoms with Crippen molar-refractivity contribution in [2.45, 2.75) is 36.9 Å². The second-order valence-corrected chi connectivity index (χ2v) is 7.45. The number of hydrogen-bond acceptors (Lipinski definition) is 3. The van der Waals surface area contributed by atoms with E-state index in [9.17, 15) is 26.4 Å².